The lowest BCUT2D eigenvalue weighted by molar-refractivity contribution is 0.102. The molecule has 5 heteroatoms. The molecule has 0 spiro atoms. The van der Waals surface area contributed by atoms with Crippen LogP contribution in [0.3, 0.4) is 0 Å². The molecule has 0 saturated heterocycles. The zero-order chi connectivity index (χ0) is 15.4. The van der Waals surface area contributed by atoms with Crippen LogP contribution in [0.1, 0.15) is 36.0 Å². The molecule has 1 saturated carbocycles. The van der Waals surface area contributed by atoms with Gasteiger partial charge in [-0.3, -0.25) is 4.79 Å². The van der Waals surface area contributed by atoms with E-state index in [4.69, 9.17) is 4.74 Å². The van der Waals surface area contributed by atoms with Crippen molar-refractivity contribution in [3.05, 3.63) is 54.1 Å². The van der Waals surface area contributed by atoms with Crippen molar-refractivity contribution in [2.24, 2.45) is 0 Å². The van der Waals surface area contributed by atoms with Crippen LogP contribution in [0.5, 0.6) is 5.75 Å². The van der Waals surface area contributed by atoms with Crippen LogP contribution in [0.2, 0.25) is 0 Å². The standard InChI is InChI=1S/C17H17FN2O2/c18-16-11-12(9-10-19-16)17(21)20-13-5-7-15(8-6-13)22-14-3-1-2-4-14/h5-11,14H,1-4H2,(H,20,21). The summed E-state index contributed by atoms with van der Waals surface area (Å²) >= 11 is 0. The molecule has 1 heterocycles. The molecule has 1 N–H and O–H groups in total. The lowest BCUT2D eigenvalue weighted by Gasteiger charge is -2.13. The maximum Gasteiger partial charge on any atom is 0.255 e. The molecule has 114 valence electrons. The highest BCUT2D eigenvalue weighted by atomic mass is 19.1. The summed E-state index contributed by atoms with van der Waals surface area (Å²) in [5.74, 6) is -0.237. The third kappa shape index (κ3) is 3.61. The van der Waals surface area contributed by atoms with Gasteiger partial charge in [0.05, 0.1) is 6.10 Å². The van der Waals surface area contributed by atoms with Crippen LogP contribution in [-0.2, 0) is 0 Å². The Kier molecular flexibility index (Phi) is 4.32. The Morgan fingerprint density at radius 3 is 2.59 bits per heavy atom. The SMILES string of the molecule is O=C(Nc1ccc(OC2CCCC2)cc1)c1ccnc(F)c1. The maximum atomic E-state index is 13.0. The average Bonchev–Trinajstić information content (AvgIpc) is 3.02. The maximum absolute atomic E-state index is 13.0. The summed E-state index contributed by atoms with van der Waals surface area (Å²) in [6.45, 7) is 0. The van der Waals surface area contributed by atoms with Gasteiger partial charge in [0.2, 0.25) is 5.95 Å². The molecule has 22 heavy (non-hydrogen) atoms. The zero-order valence-corrected chi connectivity index (χ0v) is 12.1. The molecular weight excluding hydrogens is 283 g/mol. The summed E-state index contributed by atoms with van der Waals surface area (Å²) in [4.78, 5) is 15.4. The number of aromatic nitrogens is 1. The van der Waals surface area contributed by atoms with Gasteiger partial charge in [-0.2, -0.15) is 4.39 Å². The van der Waals surface area contributed by atoms with Crippen LogP contribution in [0.25, 0.3) is 0 Å². The number of hydrogen-bond acceptors (Lipinski definition) is 3. The van der Waals surface area contributed by atoms with Gasteiger partial charge in [-0.1, -0.05) is 0 Å². The van der Waals surface area contributed by atoms with Crippen molar-refractivity contribution in [2.75, 3.05) is 5.32 Å². The molecule has 0 aliphatic heterocycles. The van der Waals surface area contributed by atoms with Crippen molar-refractivity contribution in [2.45, 2.75) is 31.8 Å². The van der Waals surface area contributed by atoms with E-state index in [0.29, 0.717) is 11.8 Å². The minimum Gasteiger partial charge on any atom is -0.490 e. The van der Waals surface area contributed by atoms with Crippen molar-refractivity contribution in [1.82, 2.24) is 4.98 Å². The number of carbonyl (C=O) groups excluding carboxylic acids is 1. The summed E-state index contributed by atoms with van der Waals surface area (Å²) in [5.41, 5.74) is 0.875. The first-order valence-corrected chi connectivity index (χ1v) is 7.40. The molecule has 3 rings (SSSR count). The van der Waals surface area contributed by atoms with E-state index in [-0.39, 0.29) is 11.5 Å². The summed E-state index contributed by atoms with van der Waals surface area (Å²) in [5, 5.41) is 2.72. The van der Waals surface area contributed by atoms with E-state index in [9.17, 15) is 9.18 Å². The number of benzene rings is 1. The second kappa shape index (κ2) is 6.56. The number of rotatable bonds is 4. The molecule has 0 bridgehead atoms. The fourth-order valence-electron chi connectivity index (χ4n) is 2.56. The second-order valence-corrected chi connectivity index (χ2v) is 5.37. The number of pyridine rings is 1. The third-order valence-electron chi connectivity index (χ3n) is 3.71. The number of halogens is 1. The molecule has 1 aliphatic carbocycles. The fourth-order valence-corrected chi connectivity index (χ4v) is 2.56. The van der Waals surface area contributed by atoms with Gasteiger partial charge in [-0.15, -0.1) is 0 Å². The fraction of sp³-hybridized carbons (Fsp3) is 0.294. The highest BCUT2D eigenvalue weighted by Gasteiger charge is 2.16. The predicted octanol–water partition coefficient (Wildman–Crippen LogP) is 3.79. The summed E-state index contributed by atoms with van der Waals surface area (Å²) < 4.78 is 18.9. The highest BCUT2D eigenvalue weighted by Crippen LogP contribution is 2.25. The topological polar surface area (TPSA) is 51.2 Å². The van der Waals surface area contributed by atoms with E-state index in [0.717, 1.165) is 24.7 Å². The Morgan fingerprint density at radius 2 is 1.91 bits per heavy atom. The third-order valence-corrected chi connectivity index (χ3v) is 3.71. The molecule has 4 nitrogen and oxygen atoms in total. The van der Waals surface area contributed by atoms with E-state index in [1.165, 1.54) is 25.1 Å². The Hall–Kier alpha value is -2.43. The van der Waals surface area contributed by atoms with Gasteiger partial charge in [0.25, 0.3) is 5.91 Å². The number of amides is 1. The predicted molar refractivity (Wildman–Crippen MR) is 81.5 cm³/mol. The van der Waals surface area contributed by atoms with Crippen molar-refractivity contribution in [1.29, 1.82) is 0 Å². The number of hydrogen-bond donors (Lipinski definition) is 1. The summed E-state index contributed by atoms with van der Waals surface area (Å²) in [6, 6.07) is 9.80. The summed E-state index contributed by atoms with van der Waals surface area (Å²) in [6.07, 6.45) is 6.23. The summed E-state index contributed by atoms with van der Waals surface area (Å²) in [7, 11) is 0. The first-order valence-electron chi connectivity index (χ1n) is 7.40. The molecule has 1 fully saturated rings. The van der Waals surface area contributed by atoms with Gasteiger partial charge in [0, 0.05) is 23.5 Å². The molecule has 1 aliphatic rings. The first kappa shape index (κ1) is 14.5. The zero-order valence-electron chi connectivity index (χ0n) is 12.1. The van der Waals surface area contributed by atoms with Gasteiger partial charge in [0.1, 0.15) is 5.75 Å². The van der Waals surface area contributed by atoms with Crippen molar-refractivity contribution in [3.63, 3.8) is 0 Å². The van der Waals surface area contributed by atoms with Crippen LogP contribution in [-0.4, -0.2) is 17.0 Å². The molecule has 1 aromatic heterocycles. The molecule has 0 atom stereocenters. The lowest BCUT2D eigenvalue weighted by Crippen LogP contribution is -2.13. The quantitative estimate of drug-likeness (QED) is 0.874. The molecule has 2 aromatic rings. The van der Waals surface area contributed by atoms with Crippen LogP contribution < -0.4 is 10.1 Å². The van der Waals surface area contributed by atoms with Crippen LogP contribution >= 0.6 is 0 Å². The lowest BCUT2D eigenvalue weighted by atomic mass is 10.2. The minimum absolute atomic E-state index is 0.235. The Bertz CT molecular complexity index is 652. The van der Waals surface area contributed by atoms with E-state index in [1.807, 2.05) is 12.1 Å². The van der Waals surface area contributed by atoms with Crippen LogP contribution in [0.4, 0.5) is 10.1 Å². The Labute approximate surface area is 128 Å². The number of nitrogens with zero attached hydrogens (tertiary/aromatic N) is 1. The second-order valence-electron chi connectivity index (χ2n) is 5.37. The average molecular weight is 300 g/mol. The van der Waals surface area contributed by atoms with Crippen LogP contribution in [0.15, 0.2) is 42.6 Å². The van der Waals surface area contributed by atoms with Crippen molar-refractivity contribution < 1.29 is 13.9 Å². The van der Waals surface area contributed by atoms with Crippen molar-refractivity contribution in [3.8, 4) is 5.75 Å². The van der Waals surface area contributed by atoms with Gasteiger partial charge < -0.3 is 10.1 Å². The minimum atomic E-state index is -0.673. The molecule has 0 radical (unpaired) electrons. The van der Waals surface area contributed by atoms with E-state index in [1.54, 1.807) is 12.1 Å². The van der Waals surface area contributed by atoms with E-state index in [2.05, 4.69) is 10.3 Å². The van der Waals surface area contributed by atoms with Gasteiger partial charge in [-0.25, -0.2) is 4.98 Å². The smallest absolute Gasteiger partial charge is 0.255 e. The molecule has 0 unspecified atom stereocenters. The molecule has 1 aromatic carbocycles. The molecule has 1 amide bonds. The highest BCUT2D eigenvalue weighted by molar-refractivity contribution is 6.04. The largest absolute Gasteiger partial charge is 0.490 e. The van der Waals surface area contributed by atoms with E-state index >= 15 is 0 Å². The monoisotopic (exact) mass is 300 g/mol. The van der Waals surface area contributed by atoms with Gasteiger partial charge >= 0.3 is 0 Å². The van der Waals surface area contributed by atoms with Crippen molar-refractivity contribution >= 4 is 11.6 Å². The Morgan fingerprint density at radius 1 is 1.18 bits per heavy atom. The number of anilines is 1. The van der Waals surface area contributed by atoms with Gasteiger partial charge in [-0.05, 0) is 56.0 Å². The molecular formula is C17H17FN2O2. The first-order chi connectivity index (χ1) is 10.7. The van der Waals surface area contributed by atoms with Gasteiger partial charge in [0.15, 0.2) is 0 Å². The normalized spacial score (nSPS) is 14.8. The number of carbonyl (C=O) groups is 1. The number of nitrogens with one attached hydrogen (secondary N) is 1. The van der Waals surface area contributed by atoms with Crippen LogP contribution in [0, 0.1) is 5.95 Å². The van der Waals surface area contributed by atoms with E-state index < -0.39 is 5.95 Å². The Balaban J connectivity index is 1.61. The number of ether oxygens (including phenoxy) is 1.